The van der Waals surface area contributed by atoms with Gasteiger partial charge in [-0.25, -0.2) is 0 Å². The first-order valence-electron chi connectivity index (χ1n) is 6.90. The van der Waals surface area contributed by atoms with Gasteiger partial charge >= 0.3 is 0 Å². The highest BCUT2D eigenvalue weighted by molar-refractivity contribution is 5.79. The number of nitrogens with zero attached hydrogens (tertiary/aromatic N) is 1. The number of likely N-dealkylation sites (tertiary alicyclic amines) is 1. The normalized spacial score (nSPS) is 19.9. The van der Waals surface area contributed by atoms with E-state index in [4.69, 9.17) is 0 Å². The molecule has 1 saturated heterocycles. The molecule has 0 aliphatic carbocycles. The van der Waals surface area contributed by atoms with Gasteiger partial charge in [0.05, 0.1) is 6.42 Å². The zero-order chi connectivity index (χ0) is 13.1. The topological polar surface area (TPSA) is 20.3 Å². The number of carbonyl (C=O) groups is 1. The Labute approximate surface area is 110 Å². The maximum absolute atomic E-state index is 12.3. The van der Waals surface area contributed by atoms with Crippen molar-refractivity contribution >= 4 is 5.91 Å². The Balaban J connectivity index is 2.02. The van der Waals surface area contributed by atoms with Gasteiger partial charge < -0.3 is 4.90 Å². The first-order chi connectivity index (χ1) is 8.56. The molecule has 2 rings (SSSR count). The highest BCUT2D eigenvalue weighted by Crippen LogP contribution is 2.18. The zero-order valence-corrected chi connectivity index (χ0v) is 11.7. The van der Waals surface area contributed by atoms with Gasteiger partial charge in [0.15, 0.2) is 0 Å². The molecule has 0 spiro atoms. The molecule has 1 heterocycles. The molecule has 0 saturated carbocycles. The van der Waals surface area contributed by atoms with Crippen molar-refractivity contribution < 1.29 is 4.79 Å². The van der Waals surface area contributed by atoms with Gasteiger partial charge in [-0.05, 0) is 43.7 Å². The summed E-state index contributed by atoms with van der Waals surface area (Å²) in [7, 11) is 0. The summed E-state index contributed by atoms with van der Waals surface area (Å²) in [6.45, 7) is 8.29. The predicted molar refractivity (Wildman–Crippen MR) is 74.6 cm³/mol. The van der Waals surface area contributed by atoms with E-state index >= 15 is 0 Å². The Bertz CT molecular complexity index is 439. The standard InChI is InChI=1S/C16H23NO/c1-12-6-7-15(14(3)9-12)10-16(18)17-8-4-5-13(2)11-17/h6-7,9,13H,4-5,8,10-11H2,1-3H3/t13-/m0/s1. The van der Waals surface area contributed by atoms with Crippen LogP contribution in [0.2, 0.25) is 0 Å². The van der Waals surface area contributed by atoms with Crippen molar-refractivity contribution in [2.24, 2.45) is 5.92 Å². The molecule has 18 heavy (non-hydrogen) atoms. The summed E-state index contributed by atoms with van der Waals surface area (Å²) >= 11 is 0. The molecule has 2 heteroatoms. The van der Waals surface area contributed by atoms with Crippen LogP contribution in [0, 0.1) is 19.8 Å². The number of rotatable bonds is 2. The molecule has 1 aromatic carbocycles. The van der Waals surface area contributed by atoms with Crippen molar-refractivity contribution in [2.75, 3.05) is 13.1 Å². The lowest BCUT2D eigenvalue weighted by Crippen LogP contribution is -2.40. The van der Waals surface area contributed by atoms with Crippen LogP contribution in [-0.2, 0) is 11.2 Å². The van der Waals surface area contributed by atoms with Crippen LogP contribution in [0.1, 0.15) is 36.5 Å². The average molecular weight is 245 g/mol. The molecule has 1 aromatic rings. The minimum atomic E-state index is 0.286. The van der Waals surface area contributed by atoms with Crippen molar-refractivity contribution in [3.63, 3.8) is 0 Å². The van der Waals surface area contributed by atoms with Gasteiger partial charge in [0, 0.05) is 13.1 Å². The van der Waals surface area contributed by atoms with Crippen molar-refractivity contribution in [2.45, 2.75) is 40.0 Å². The van der Waals surface area contributed by atoms with E-state index in [0.29, 0.717) is 12.3 Å². The largest absolute Gasteiger partial charge is 0.342 e. The van der Waals surface area contributed by atoms with Crippen LogP contribution in [0.25, 0.3) is 0 Å². The van der Waals surface area contributed by atoms with E-state index in [-0.39, 0.29) is 5.91 Å². The minimum absolute atomic E-state index is 0.286. The van der Waals surface area contributed by atoms with Gasteiger partial charge in [-0.1, -0.05) is 30.7 Å². The van der Waals surface area contributed by atoms with Crippen LogP contribution < -0.4 is 0 Å². The van der Waals surface area contributed by atoms with Gasteiger partial charge in [0.25, 0.3) is 0 Å². The Hall–Kier alpha value is -1.31. The van der Waals surface area contributed by atoms with Crippen molar-refractivity contribution in [3.8, 4) is 0 Å². The van der Waals surface area contributed by atoms with Crippen LogP contribution in [-0.4, -0.2) is 23.9 Å². The number of benzene rings is 1. The molecule has 1 aliphatic heterocycles. The zero-order valence-electron chi connectivity index (χ0n) is 11.7. The lowest BCUT2D eigenvalue weighted by molar-refractivity contribution is -0.132. The monoisotopic (exact) mass is 245 g/mol. The molecule has 1 aliphatic rings. The molecular formula is C16H23NO. The number of carbonyl (C=O) groups excluding carboxylic acids is 1. The summed E-state index contributed by atoms with van der Waals surface area (Å²) in [5.41, 5.74) is 3.66. The highest BCUT2D eigenvalue weighted by Gasteiger charge is 2.21. The average Bonchev–Trinajstić information content (AvgIpc) is 2.32. The Morgan fingerprint density at radius 3 is 2.83 bits per heavy atom. The second kappa shape index (κ2) is 5.55. The lowest BCUT2D eigenvalue weighted by atomic mass is 9.98. The molecule has 0 N–H and O–H groups in total. The number of aryl methyl sites for hydroxylation is 2. The number of piperidine rings is 1. The molecule has 0 aromatic heterocycles. The fourth-order valence-corrected chi connectivity index (χ4v) is 2.73. The summed E-state index contributed by atoms with van der Waals surface area (Å²) in [5.74, 6) is 0.940. The molecule has 0 radical (unpaired) electrons. The summed E-state index contributed by atoms with van der Waals surface area (Å²) in [6, 6.07) is 6.34. The molecule has 1 atom stereocenters. The molecule has 98 valence electrons. The number of amides is 1. The van der Waals surface area contributed by atoms with Gasteiger partial charge in [-0.2, -0.15) is 0 Å². The smallest absolute Gasteiger partial charge is 0.227 e. The van der Waals surface area contributed by atoms with Crippen molar-refractivity contribution in [1.82, 2.24) is 4.90 Å². The van der Waals surface area contributed by atoms with Crippen LogP contribution in [0.4, 0.5) is 0 Å². The first kappa shape index (κ1) is 13.1. The van der Waals surface area contributed by atoms with E-state index in [1.165, 1.54) is 23.1 Å². The Morgan fingerprint density at radius 1 is 1.39 bits per heavy atom. The Morgan fingerprint density at radius 2 is 2.17 bits per heavy atom. The van der Waals surface area contributed by atoms with Gasteiger partial charge in [-0.15, -0.1) is 0 Å². The predicted octanol–water partition coefficient (Wildman–Crippen LogP) is 3.10. The molecular weight excluding hydrogens is 222 g/mol. The SMILES string of the molecule is Cc1ccc(CC(=O)N2CCC[C@H](C)C2)c(C)c1. The van der Waals surface area contributed by atoms with Gasteiger partial charge in [0.2, 0.25) is 5.91 Å². The maximum Gasteiger partial charge on any atom is 0.227 e. The van der Waals surface area contributed by atoms with E-state index in [1.54, 1.807) is 0 Å². The van der Waals surface area contributed by atoms with E-state index in [0.717, 1.165) is 19.5 Å². The second-order valence-corrected chi connectivity index (χ2v) is 5.69. The summed E-state index contributed by atoms with van der Waals surface area (Å²) in [6.07, 6.45) is 2.96. The van der Waals surface area contributed by atoms with Crippen LogP contribution >= 0.6 is 0 Å². The number of hydrogen-bond donors (Lipinski definition) is 0. The van der Waals surface area contributed by atoms with Crippen LogP contribution in [0.3, 0.4) is 0 Å². The fourth-order valence-electron chi connectivity index (χ4n) is 2.73. The van der Waals surface area contributed by atoms with E-state index in [1.807, 2.05) is 4.90 Å². The maximum atomic E-state index is 12.3. The third-order valence-electron chi connectivity index (χ3n) is 3.85. The summed E-state index contributed by atoms with van der Waals surface area (Å²) < 4.78 is 0. The second-order valence-electron chi connectivity index (χ2n) is 5.69. The Kier molecular flexibility index (Phi) is 4.05. The van der Waals surface area contributed by atoms with E-state index < -0.39 is 0 Å². The third-order valence-corrected chi connectivity index (χ3v) is 3.85. The molecule has 0 unspecified atom stereocenters. The molecule has 1 fully saturated rings. The van der Waals surface area contributed by atoms with Gasteiger partial charge in [0.1, 0.15) is 0 Å². The molecule has 2 nitrogen and oxygen atoms in total. The quantitative estimate of drug-likeness (QED) is 0.784. The molecule has 0 bridgehead atoms. The minimum Gasteiger partial charge on any atom is -0.342 e. The highest BCUT2D eigenvalue weighted by atomic mass is 16.2. The van der Waals surface area contributed by atoms with Crippen molar-refractivity contribution in [3.05, 3.63) is 34.9 Å². The van der Waals surface area contributed by atoms with Crippen LogP contribution in [0.15, 0.2) is 18.2 Å². The number of hydrogen-bond acceptors (Lipinski definition) is 1. The molecule has 1 amide bonds. The van der Waals surface area contributed by atoms with Gasteiger partial charge in [-0.3, -0.25) is 4.79 Å². The van der Waals surface area contributed by atoms with E-state index in [2.05, 4.69) is 39.0 Å². The van der Waals surface area contributed by atoms with Crippen molar-refractivity contribution in [1.29, 1.82) is 0 Å². The summed E-state index contributed by atoms with van der Waals surface area (Å²) in [4.78, 5) is 14.3. The summed E-state index contributed by atoms with van der Waals surface area (Å²) in [5, 5.41) is 0. The fraction of sp³-hybridized carbons (Fsp3) is 0.562. The van der Waals surface area contributed by atoms with E-state index in [9.17, 15) is 4.79 Å². The van der Waals surface area contributed by atoms with Crippen LogP contribution in [0.5, 0.6) is 0 Å². The third kappa shape index (κ3) is 3.12. The first-order valence-corrected chi connectivity index (χ1v) is 6.90. The lowest BCUT2D eigenvalue weighted by Gasteiger charge is -2.31.